The molecule has 0 saturated heterocycles. The van der Waals surface area contributed by atoms with Crippen LogP contribution in [0.5, 0.6) is 0 Å². The SMILES string of the molecule is CCN(CCC#N)c1nc(Cl)nc2sccc12. The molecule has 0 saturated carbocycles. The van der Waals surface area contributed by atoms with Gasteiger partial charge >= 0.3 is 0 Å². The highest BCUT2D eigenvalue weighted by molar-refractivity contribution is 7.16. The van der Waals surface area contributed by atoms with Gasteiger partial charge in [-0.15, -0.1) is 11.3 Å². The molecule has 0 fully saturated rings. The second-order valence-electron chi connectivity index (χ2n) is 3.44. The fraction of sp³-hybridized carbons (Fsp3) is 0.364. The van der Waals surface area contributed by atoms with Gasteiger partial charge in [0.25, 0.3) is 0 Å². The Hall–Kier alpha value is -1.38. The summed E-state index contributed by atoms with van der Waals surface area (Å²) in [4.78, 5) is 11.4. The standard InChI is InChI=1S/C11H11ClN4S/c1-2-16(6-3-5-13)9-8-4-7-17-10(8)15-11(12)14-9/h4,7H,2-3,6H2,1H3. The number of fused-ring (bicyclic) bond motifs is 1. The van der Waals surface area contributed by atoms with Crippen LogP contribution < -0.4 is 4.90 Å². The maximum Gasteiger partial charge on any atom is 0.225 e. The second-order valence-corrected chi connectivity index (χ2v) is 4.68. The molecule has 0 atom stereocenters. The molecule has 0 aliphatic heterocycles. The monoisotopic (exact) mass is 266 g/mol. The molecule has 0 amide bonds. The Morgan fingerprint density at radius 2 is 2.35 bits per heavy atom. The predicted molar refractivity (Wildman–Crippen MR) is 70.5 cm³/mol. The zero-order valence-electron chi connectivity index (χ0n) is 9.35. The van der Waals surface area contributed by atoms with Crippen molar-refractivity contribution in [3.63, 3.8) is 0 Å². The summed E-state index contributed by atoms with van der Waals surface area (Å²) in [6, 6.07) is 4.13. The van der Waals surface area contributed by atoms with Crippen LogP contribution in [-0.2, 0) is 0 Å². The predicted octanol–water partition coefficient (Wildman–Crippen LogP) is 3.08. The number of halogens is 1. The fourth-order valence-electron chi connectivity index (χ4n) is 1.65. The summed E-state index contributed by atoms with van der Waals surface area (Å²) in [6.45, 7) is 3.48. The Balaban J connectivity index is 2.44. The van der Waals surface area contributed by atoms with Crippen LogP contribution in [0.1, 0.15) is 13.3 Å². The first-order valence-electron chi connectivity index (χ1n) is 5.29. The number of hydrogen-bond donors (Lipinski definition) is 0. The summed E-state index contributed by atoms with van der Waals surface area (Å²) in [5, 5.41) is 11.9. The van der Waals surface area contributed by atoms with Crippen molar-refractivity contribution in [3.05, 3.63) is 16.7 Å². The smallest absolute Gasteiger partial charge is 0.225 e. The van der Waals surface area contributed by atoms with E-state index in [1.165, 1.54) is 0 Å². The minimum absolute atomic E-state index is 0.255. The Kier molecular flexibility index (Phi) is 3.77. The molecule has 0 unspecified atom stereocenters. The first kappa shape index (κ1) is 12.1. The van der Waals surface area contributed by atoms with E-state index >= 15 is 0 Å². The highest BCUT2D eigenvalue weighted by Crippen LogP contribution is 2.28. The van der Waals surface area contributed by atoms with E-state index < -0.39 is 0 Å². The van der Waals surface area contributed by atoms with Crippen LogP contribution >= 0.6 is 22.9 Å². The van der Waals surface area contributed by atoms with E-state index in [0.29, 0.717) is 13.0 Å². The number of rotatable bonds is 4. The summed E-state index contributed by atoms with van der Waals surface area (Å²) in [6.07, 6.45) is 0.473. The third kappa shape index (κ3) is 2.48. The molecule has 0 radical (unpaired) electrons. The lowest BCUT2D eigenvalue weighted by Crippen LogP contribution is -2.25. The largest absolute Gasteiger partial charge is 0.355 e. The molecule has 0 aliphatic rings. The highest BCUT2D eigenvalue weighted by atomic mass is 35.5. The van der Waals surface area contributed by atoms with Gasteiger partial charge in [0.2, 0.25) is 5.28 Å². The van der Waals surface area contributed by atoms with Gasteiger partial charge in [-0.1, -0.05) is 0 Å². The lowest BCUT2D eigenvalue weighted by molar-refractivity contribution is 0.814. The summed E-state index contributed by atoms with van der Waals surface area (Å²) in [5.41, 5.74) is 0. The van der Waals surface area contributed by atoms with Gasteiger partial charge in [0.05, 0.1) is 17.9 Å². The van der Waals surface area contributed by atoms with E-state index in [1.54, 1.807) is 11.3 Å². The van der Waals surface area contributed by atoms with Crippen LogP contribution in [0.2, 0.25) is 5.28 Å². The molecule has 4 nitrogen and oxygen atoms in total. The van der Waals surface area contributed by atoms with Crippen molar-refractivity contribution >= 4 is 39.0 Å². The van der Waals surface area contributed by atoms with Crippen molar-refractivity contribution in [2.45, 2.75) is 13.3 Å². The van der Waals surface area contributed by atoms with Gasteiger partial charge in [0.1, 0.15) is 10.6 Å². The Morgan fingerprint density at radius 1 is 1.53 bits per heavy atom. The lowest BCUT2D eigenvalue weighted by atomic mass is 10.3. The topological polar surface area (TPSA) is 52.8 Å². The van der Waals surface area contributed by atoms with Crippen molar-refractivity contribution in [3.8, 4) is 6.07 Å². The van der Waals surface area contributed by atoms with E-state index in [1.807, 2.05) is 23.3 Å². The first-order valence-corrected chi connectivity index (χ1v) is 6.54. The summed E-state index contributed by atoms with van der Waals surface area (Å²) >= 11 is 7.45. The Morgan fingerprint density at radius 3 is 3.06 bits per heavy atom. The molecule has 88 valence electrons. The van der Waals surface area contributed by atoms with E-state index in [-0.39, 0.29) is 5.28 Å². The van der Waals surface area contributed by atoms with Gasteiger partial charge in [-0.3, -0.25) is 0 Å². The molecule has 6 heteroatoms. The molecular formula is C11H11ClN4S. The van der Waals surface area contributed by atoms with Crippen LogP contribution in [0.3, 0.4) is 0 Å². The van der Waals surface area contributed by atoms with Gasteiger partial charge in [-0.05, 0) is 30.0 Å². The minimum Gasteiger partial charge on any atom is -0.355 e. The number of nitrogens with zero attached hydrogens (tertiary/aromatic N) is 4. The van der Waals surface area contributed by atoms with Gasteiger partial charge < -0.3 is 4.90 Å². The van der Waals surface area contributed by atoms with Crippen LogP contribution in [0, 0.1) is 11.3 Å². The van der Waals surface area contributed by atoms with Crippen LogP contribution in [0.25, 0.3) is 10.2 Å². The second kappa shape index (κ2) is 5.30. The normalized spacial score (nSPS) is 10.4. The number of aromatic nitrogens is 2. The fourth-order valence-corrected chi connectivity index (χ4v) is 2.63. The van der Waals surface area contributed by atoms with Crippen molar-refractivity contribution in [1.82, 2.24) is 9.97 Å². The molecule has 2 aromatic rings. The minimum atomic E-state index is 0.255. The van der Waals surface area contributed by atoms with Gasteiger partial charge in [-0.25, -0.2) is 4.98 Å². The van der Waals surface area contributed by atoms with E-state index in [0.717, 1.165) is 22.6 Å². The van der Waals surface area contributed by atoms with Gasteiger partial charge in [0, 0.05) is 13.1 Å². The number of nitriles is 1. The van der Waals surface area contributed by atoms with Crippen molar-refractivity contribution in [1.29, 1.82) is 5.26 Å². The molecule has 0 bridgehead atoms. The third-order valence-corrected chi connectivity index (χ3v) is 3.43. The average molecular weight is 267 g/mol. The van der Waals surface area contributed by atoms with Crippen LogP contribution in [0.15, 0.2) is 11.4 Å². The summed E-state index contributed by atoms with van der Waals surface area (Å²) in [5.74, 6) is 0.819. The molecule has 0 N–H and O–H groups in total. The molecule has 0 aromatic carbocycles. The highest BCUT2D eigenvalue weighted by Gasteiger charge is 2.13. The quantitative estimate of drug-likeness (QED) is 0.798. The molecule has 2 heterocycles. The molecule has 17 heavy (non-hydrogen) atoms. The third-order valence-electron chi connectivity index (χ3n) is 2.45. The van der Waals surface area contributed by atoms with Gasteiger partial charge in [-0.2, -0.15) is 10.2 Å². The molecule has 2 aromatic heterocycles. The number of hydrogen-bond acceptors (Lipinski definition) is 5. The summed E-state index contributed by atoms with van der Waals surface area (Å²) in [7, 11) is 0. The van der Waals surface area contributed by atoms with Crippen molar-refractivity contribution in [2.24, 2.45) is 0 Å². The summed E-state index contributed by atoms with van der Waals surface area (Å²) < 4.78 is 0. The van der Waals surface area contributed by atoms with Crippen LogP contribution in [0.4, 0.5) is 5.82 Å². The number of thiophene rings is 1. The molecule has 0 aliphatic carbocycles. The Labute approximate surface area is 108 Å². The van der Waals surface area contributed by atoms with Crippen molar-refractivity contribution < 1.29 is 0 Å². The zero-order valence-corrected chi connectivity index (χ0v) is 10.9. The zero-order chi connectivity index (χ0) is 12.3. The lowest BCUT2D eigenvalue weighted by Gasteiger charge is -2.21. The van der Waals surface area contributed by atoms with Gasteiger partial charge in [0.15, 0.2) is 0 Å². The van der Waals surface area contributed by atoms with E-state index in [2.05, 4.69) is 16.0 Å². The molecule has 2 rings (SSSR count). The maximum absolute atomic E-state index is 8.65. The van der Waals surface area contributed by atoms with Crippen molar-refractivity contribution in [2.75, 3.05) is 18.0 Å². The molecular weight excluding hydrogens is 256 g/mol. The number of anilines is 1. The average Bonchev–Trinajstić information content (AvgIpc) is 2.77. The van der Waals surface area contributed by atoms with Crippen LogP contribution in [-0.4, -0.2) is 23.1 Å². The maximum atomic E-state index is 8.65. The first-order chi connectivity index (χ1) is 8.26. The Bertz CT molecular complexity index is 560. The molecule has 0 spiro atoms. The van der Waals surface area contributed by atoms with E-state index in [9.17, 15) is 0 Å². The van der Waals surface area contributed by atoms with E-state index in [4.69, 9.17) is 16.9 Å².